The van der Waals surface area contributed by atoms with Gasteiger partial charge in [-0.15, -0.1) is 0 Å². The van der Waals surface area contributed by atoms with Crippen molar-refractivity contribution in [1.82, 2.24) is 15.1 Å². The molecule has 0 aliphatic heterocycles. The predicted molar refractivity (Wildman–Crippen MR) is 98.1 cm³/mol. The quantitative estimate of drug-likeness (QED) is 0.800. The fourth-order valence-corrected chi connectivity index (χ4v) is 3.51. The van der Waals surface area contributed by atoms with E-state index >= 15 is 0 Å². The van der Waals surface area contributed by atoms with Gasteiger partial charge in [0.05, 0.1) is 24.4 Å². The largest absolute Gasteiger partial charge is 0.484 e. The molecule has 1 aliphatic rings. The number of carbonyl (C=O) groups is 1. The number of halogens is 3. The molecule has 0 bridgehead atoms. The first kappa shape index (κ1) is 20.2. The third-order valence-electron chi connectivity index (χ3n) is 4.67. The van der Waals surface area contributed by atoms with E-state index in [9.17, 15) is 18.0 Å². The van der Waals surface area contributed by atoms with E-state index in [1.807, 2.05) is 24.7 Å². The van der Waals surface area contributed by atoms with Crippen LogP contribution in [0.1, 0.15) is 55.6 Å². The van der Waals surface area contributed by atoms with Crippen molar-refractivity contribution >= 4 is 5.91 Å². The number of aromatic nitrogens is 2. The predicted octanol–water partition coefficient (Wildman–Crippen LogP) is 4.14. The normalized spacial score (nSPS) is 16.7. The summed E-state index contributed by atoms with van der Waals surface area (Å²) in [5, 5.41) is 7.51. The molecule has 2 aromatic rings. The molecule has 0 fully saturated rings. The summed E-state index contributed by atoms with van der Waals surface area (Å²) >= 11 is 0. The van der Waals surface area contributed by atoms with E-state index in [-0.39, 0.29) is 30.2 Å². The standard InChI is InChI=1S/C20H24F3N3O2/c1-13(2)26-19-15(11-24-26)6-4-8-17(19)25-18(27)10-14-5-3-7-16(9-14)28-12-20(21,22)23/h3,5,7,9,11,13,17H,4,6,8,10,12H2,1-2H3,(H,25,27). The van der Waals surface area contributed by atoms with Gasteiger partial charge in [0.2, 0.25) is 5.91 Å². The Balaban J connectivity index is 1.65. The van der Waals surface area contributed by atoms with Gasteiger partial charge < -0.3 is 10.1 Å². The van der Waals surface area contributed by atoms with Crippen molar-refractivity contribution in [1.29, 1.82) is 0 Å². The van der Waals surface area contributed by atoms with Gasteiger partial charge in [0.1, 0.15) is 5.75 Å². The molecular formula is C20H24F3N3O2. The van der Waals surface area contributed by atoms with Gasteiger partial charge >= 0.3 is 6.18 Å². The maximum atomic E-state index is 12.6. The van der Waals surface area contributed by atoms with Crippen LogP contribution in [0.4, 0.5) is 13.2 Å². The lowest BCUT2D eigenvalue weighted by Crippen LogP contribution is -2.33. The average molecular weight is 395 g/mol. The van der Waals surface area contributed by atoms with Crippen LogP contribution >= 0.6 is 0 Å². The average Bonchev–Trinajstić information content (AvgIpc) is 3.05. The van der Waals surface area contributed by atoms with Crippen molar-refractivity contribution < 1.29 is 22.7 Å². The Hall–Kier alpha value is -2.51. The minimum absolute atomic E-state index is 0.0743. The third kappa shape index (κ3) is 5.05. The van der Waals surface area contributed by atoms with Crippen LogP contribution in [0.15, 0.2) is 30.5 Å². The van der Waals surface area contributed by atoms with Crippen molar-refractivity contribution in [2.45, 2.75) is 57.8 Å². The molecule has 152 valence electrons. The second-order valence-electron chi connectivity index (χ2n) is 7.33. The number of alkyl halides is 3. The van der Waals surface area contributed by atoms with Gasteiger partial charge in [-0.25, -0.2) is 0 Å². The minimum Gasteiger partial charge on any atom is -0.484 e. The van der Waals surface area contributed by atoms with Gasteiger partial charge in [0.25, 0.3) is 0 Å². The maximum Gasteiger partial charge on any atom is 0.422 e. The number of benzene rings is 1. The topological polar surface area (TPSA) is 56.2 Å². The van der Waals surface area contributed by atoms with Crippen molar-refractivity contribution in [3.05, 3.63) is 47.3 Å². The van der Waals surface area contributed by atoms with Crippen molar-refractivity contribution in [3.63, 3.8) is 0 Å². The monoisotopic (exact) mass is 395 g/mol. The van der Waals surface area contributed by atoms with Crippen LogP contribution in [0, 0.1) is 0 Å². The maximum absolute atomic E-state index is 12.6. The van der Waals surface area contributed by atoms with Crippen molar-refractivity contribution in [2.24, 2.45) is 0 Å². The second kappa shape index (κ2) is 8.24. The summed E-state index contributed by atoms with van der Waals surface area (Å²) in [6, 6.07) is 6.29. The summed E-state index contributed by atoms with van der Waals surface area (Å²) in [7, 11) is 0. The number of rotatable bonds is 6. The second-order valence-corrected chi connectivity index (χ2v) is 7.33. The van der Waals surface area contributed by atoms with Gasteiger partial charge in [-0.1, -0.05) is 12.1 Å². The summed E-state index contributed by atoms with van der Waals surface area (Å²) in [5.41, 5.74) is 2.82. The number of amides is 1. The number of carbonyl (C=O) groups excluding carboxylic acids is 1. The van der Waals surface area contributed by atoms with Crippen LogP contribution in [0.25, 0.3) is 0 Å². The number of fused-ring (bicyclic) bond motifs is 1. The highest BCUT2D eigenvalue weighted by Gasteiger charge is 2.29. The Kier molecular flexibility index (Phi) is 5.96. The van der Waals surface area contributed by atoms with Crippen LogP contribution < -0.4 is 10.1 Å². The molecule has 1 amide bonds. The number of aryl methyl sites for hydroxylation is 1. The fraction of sp³-hybridized carbons (Fsp3) is 0.500. The number of nitrogens with zero attached hydrogens (tertiary/aromatic N) is 2. The van der Waals surface area contributed by atoms with Gasteiger partial charge in [0.15, 0.2) is 6.61 Å². The Morgan fingerprint density at radius 3 is 2.89 bits per heavy atom. The zero-order valence-electron chi connectivity index (χ0n) is 15.9. The van der Waals surface area contributed by atoms with Crippen LogP contribution in [-0.2, 0) is 17.6 Å². The fourth-order valence-electron chi connectivity index (χ4n) is 3.51. The molecule has 1 aromatic heterocycles. The molecule has 5 nitrogen and oxygen atoms in total. The molecule has 1 aliphatic carbocycles. The molecule has 1 heterocycles. The molecule has 3 rings (SSSR count). The van der Waals surface area contributed by atoms with E-state index in [1.165, 1.54) is 12.1 Å². The minimum atomic E-state index is -4.40. The summed E-state index contributed by atoms with van der Waals surface area (Å²) in [4.78, 5) is 12.6. The van der Waals surface area contributed by atoms with E-state index in [0.29, 0.717) is 5.56 Å². The SMILES string of the molecule is CC(C)n1ncc2c1C(NC(=O)Cc1cccc(OCC(F)(F)F)c1)CCC2. The highest BCUT2D eigenvalue weighted by Crippen LogP contribution is 2.31. The molecule has 8 heteroatoms. The summed E-state index contributed by atoms with van der Waals surface area (Å²) in [5.74, 6) is -0.0808. The van der Waals surface area contributed by atoms with Crippen LogP contribution in [0.5, 0.6) is 5.75 Å². The number of hydrogen-bond acceptors (Lipinski definition) is 3. The highest BCUT2D eigenvalue weighted by atomic mass is 19.4. The number of nitrogens with one attached hydrogen (secondary N) is 1. The third-order valence-corrected chi connectivity index (χ3v) is 4.67. The van der Waals surface area contributed by atoms with Gasteiger partial charge in [-0.05, 0) is 56.4 Å². The zero-order valence-corrected chi connectivity index (χ0v) is 15.9. The van der Waals surface area contributed by atoms with Gasteiger partial charge in [-0.2, -0.15) is 18.3 Å². The highest BCUT2D eigenvalue weighted by molar-refractivity contribution is 5.79. The van der Waals surface area contributed by atoms with Crippen LogP contribution in [-0.4, -0.2) is 28.5 Å². The summed E-state index contributed by atoms with van der Waals surface area (Å²) < 4.78 is 43.6. The molecule has 1 aromatic carbocycles. The molecule has 1 atom stereocenters. The first-order valence-electron chi connectivity index (χ1n) is 9.37. The summed E-state index contributed by atoms with van der Waals surface area (Å²) in [6.45, 7) is 2.74. The number of ether oxygens (including phenoxy) is 1. The smallest absolute Gasteiger partial charge is 0.422 e. The van der Waals surface area contributed by atoms with E-state index in [1.54, 1.807) is 12.1 Å². The Morgan fingerprint density at radius 1 is 1.39 bits per heavy atom. The lowest BCUT2D eigenvalue weighted by atomic mass is 9.93. The van der Waals surface area contributed by atoms with E-state index < -0.39 is 12.8 Å². The Bertz CT molecular complexity index is 830. The van der Waals surface area contributed by atoms with Crippen molar-refractivity contribution in [3.8, 4) is 5.75 Å². The number of hydrogen-bond donors (Lipinski definition) is 1. The van der Waals surface area contributed by atoms with E-state index in [2.05, 4.69) is 10.4 Å². The molecule has 28 heavy (non-hydrogen) atoms. The first-order chi connectivity index (χ1) is 13.2. The molecule has 0 saturated carbocycles. The van der Waals surface area contributed by atoms with Crippen molar-refractivity contribution in [2.75, 3.05) is 6.61 Å². The summed E-state index contributed by atoms with van der Waals surface area (Å²) in [6.07, 6.45) is 0.312. The van der Waals surface area contributed by atoms with Crippen LogP contribution in [0.3, 0.4) is 0 Å². The molecule has 0 spiro atoms. The van der Waals surface area contributed by atoms with Gasteiger partial charge in [-0.3, -0.25) is 9.48 Å². The Morgan fingerprint density at radius 2 is 2.18 bits per heavy atom. The molecule has 0 saturated heterocycles. The van der Waals surface area contributed by atoms with E-state index in [4.69, 9.17) is 4.74 Å². The van der Waals surface area contributed by atoms with Gasteiger partial charge in [0, 0.05) is 6.04 Å². The molecular weight excluding hydrogens is 371 g/mol. The lowest BCUT2D eigenvalue weighted by Gasteiger charge is -2.26. The zero-order chi connectivity index (χ0) is 20.3. The lowest BCUT2D eigenvalue weighted by molar-refractivity contribution is -0.153. The Labute approximate surface area is 161 Å². The molecule has 1 unspecified atom stereocenters. The first-order valence-corrected chi connectivity index (χ1v) is 9.37. The van der Waals surface area contributed by atoms with Crippen LogP contribution in [0.2, 0.25) is 0 Å². The molecule has 0 radical (unpaired) electrons. The van der Waals surface area contributed by atoms with E-state index in [0.717, 1.165) is 30.5 Å². The molecule has 1 N–H and O–H groups in total.